The number of thiophene rings is 2. The van der Waals surface area contributed by atoms with Gasteiger partial charge in [-0.2, -0.15) is 0 Å². The van der Waals surface area contributed by atoms with Crippen LogP contribution in [-0.2, 0) is 0 Å². The smallest absolute Gasteiger partial charge is 0.0640 e. The molecule has 84 heavy (non-hydrogen) atoms. The minimum absolute atomic E-state index is 1.10. The van der Waals surface area contributed by atoms with E-state index in [0.717, 1.165) is 34.1 Å². The van der Waals surface area contributed by atoms with Crippen molar-refractivity contribution in [3.63, 3.8) is 0 Å². The van der Waals surface area contributed by atoms with E-state index >= 15 is 0 Å². The number of hydrogen-bond acceptors (Lipinski definition) is 4. The Morgan fingerprint density at radius 3 is 0.845 bits per heavy atom. The average Bonchev–Trinajstić information content (AvgIpc) is 0.925. The number of hydrogen-bond donors (Lipinski definition) is 0. The van der Waals surface area contributed by atoms with Crippen molar-refractivity contribution in [3.05, 3.63) is 303 Å². The molecule has 0 N–H and O–H groups in total. The molecule has 1 aliphatic rings. The third-order valence-corrected chi connectivity index (χ3v) is 19.5. The Balaban J connectivity index is 0.997. The van der Waals surface area contributed by atoms with Crippen LogP contribution in [0.1, 0.15) is 0 Å². The number of nitrogens with zero attached hydrogens (tertiary/aromatic N) is 2. The van der Waals surface area contributed by atoms with Crippen molar-refractivity contribution < 1.29 is 0 Å². The summed E-state index contributed by atoms with van der Waals surface area (Å²) in [6, 6.07) is 112. The Bertz CT molecular complexity index is 4880. The minimum atomic E-state index is 1.10. The van der Waals surface area contributed by atoms with Crippen molar-refractivity contribution in [3.8, 4) is 66.8 Å². The molecule has 2 nitrogen and oxygen atoms in total. The maximum Gasteiger partial charge on any atom is 0.0640 e. The molecule has 0 unspecified atom stereocenters. The van der Waals surface area contributed by atoms with Gasteiger partial charge in [-0.15, -0.1) is 22.7 Å². The Hall–Kier alpha value is -10.4. The first kappa shape index (κ1) is 48.4. The van der Waals surface area contributed by atoms with E-state index in [-0.39, 0.29) is 0 Å². The first-order valence-corrected chi connectivity index (χ1v) is 30.4. The van der Waals surface area contributed by atoms with E-state index in [0.29, 0.717) is 0 Å². The predicted molar refractivity (Wildman–Crippen MR) is 363 cm³/mol. The fraction of sp³-hybridized carbons (Fsp3) is 0. The molecule has 1 aliphatic carbocycles. The molecule has 16 aromatic rings. The van der Waals surface area contributed by atoms with Crippen LogP contribution < -0.4 is 9.80 Å². The quantitative estimate of drug-likeness (QED) is 0.135. The Labute approximate surface area is 495 Å². The van der Waals surface area contributed by atoms with Gasteiger partial charge in [-0.3, -0.25) is 0 Å². The lowest BCUT2D eigenvalue weighted by Crippen LogP contribution is -2.12. The summed E-state index contributed by atoms with van der Waals surface area (Å²) in [6.45, 7) is 0. The number of anilines is 6. The van der Waals surface area contributed by atoms with Crippen LogP contribution in [-0.4, -0.2) is 0 Å². The van der Waals surface area contributed by atoms with Crippen LogP contribution in [0.15, 0.2) is 303 Å². The highest BCUT2D eigenvalue weighted by Gasteiger charge is 2.39. The van der Waals surface area contributed by atoms with Gasteiger partial charge in [-0.1, -0.05) is 231 Å². The second-order valence-corrected chi connectivity index (χ2v) is 23.9. The number of para-hydroxylation sites is 2. The molecule has 0 aliphatic heterocycles. The van der Waals surface area contributed by atoms with Gasteiger partial charge in [0.1, 0.15) is 0 Å². The first-order chi connectivity index (χ1) is 41.7. The maximum absolute atomic E-state index is 2.49. The molecule has 2 aromatic heterocycles. The fourth-order valence-electron chi connectivity index (χ4n) is 13.6. The highest BCUT2D eigenvalue weighted by Crippen LogP contribution is 2.66. The maximum atomic E-state index is 2.49. The fourth-order valence-corrected chi connectivity index (χ4v) is 16.0. The van der Waals surface area contributed by atoms with Crippen LogP contribution in [0, 0.1) is 0 Å². The number of fused-ring (bicyclic) bond motifs is 12. The van der Waals surface area contributed by atoms with Crippen LogP contribution in [0.4, 0.5) is 34.1 Å². The van der Waals surface area contributed by atoms with Crippen LogP contribution >= 0.6 is 22.7 Å². The topological polar surface area (TPSA) is 6.48 Å². The summed E-state index contributed by atoms with van der Waals surface area (Å²) in [5, 5.41) is 9.94. The van der Waals surface area contributed by atoms with Crippen molar-refractivity contribution in [1.82, 2.24) is 0 Å². The highest BCUT2D eigenvalue weighted by atomic mass is 32.1. The van der Waals surface area contributed by atoms with E-state index in [1.165, 1.54) is 129 Å². The van der Waals surface area contributed by atoms with Crippen molar-refractivity contribution in [2.24, 2.45) is 0 Å². The zero-order chi connectivity index (χ0) is 55.2. The van der Waals surface area contributed by atoms with E-state index in [9.17, 15) is 0 Å². The van der Waals surface area contributed by atoms with Crippen molar-refractivity contribution in [1.29, 1.82) is 0 Å². The molecule has 2 heterocycles. The first-order valence-electron chi connectivity index (χ1n) is 28.7. The van der Waals surface area contributed by atoms with E-state index in [4.69, 9.17) is 0 Å². The molecule has 0 saturated heterocycles. The van der Waals surface area contributed by atoms with E-state index in [2.05, 4.69) is 313 Å². The Morgan fingerprint density at radius 1 is 0.190 bits per heavy atom. The molecule has 0 bridgehead atoms. The molecule has 0 amide bonds. The standard InChI is InChI=1S/C80H50N2S2/c1-7-25-51(26-8-1)71-61-47-45-57(81(55-33-15-5-16-34-55)67-41-23-39-63-59-37-19-21-43-69(59)83-79(63)67)49-65(61)73(53-29-11-3-12-30-53)77-75(71)78-74(54-31-13-4-14-32-54)66-50-58(46-48-62(66)72(76(77)78)52-27-9-2-10-28-52)82(56-35-17-6-18-36-56)68-42-24-40-64-60-38-20-22-44-70(60)84-80(64)68/h1-50H. The van der Waals surface area contributed by atoms with Crippen LogP contribution in [0.2, 0.25) is 0 Å². The van der Waals surface area contributed by atoms with Crippen LogP contribution in [0.3, 0.4) is 0 Å². The summed E-state index contributed by atoms with van der Waals surface area (Å²) in [6.07, 6.45) is 0. The molecular formula is C80H50N2S2. The summed E-state index contributed by atoms with van der Waals surface area (Å²) < 4.78 is 5.10. The van der Waals surface area contributed by atoms with Crippen LogP contribution in [0.25, 0.3) is 129 Å². The molecule has 0 radical (unpaired) electrons. The lowest BCUT2D eigenvalue weighted by Gasteiger charge is -2.38. The highest BCUT2D eigenvalue weighted by molar-refractivity contribution is 7.26. The second kappa shape index (κ2) is 19.7. The van der Waals surface area contributed by atoms with Gasteiger partial charge in [0.15, 0.2) is 0 Å². The molecular weight excluding hydrogens is 1050 g/mol. The largest absolute Gasteiger partial charge is 0.309 e. The lowest BCUT2D eigenvalue weighted by molar-refractivity contribution is 1.31. The summed E-state index contributed by atoms with van der Waals surface area (Å²) >= 11 is 3.74. The monoisotopic (exact) mass is 1100 g/mol. The Kier molecular flexibility index (Phi) is 11.3. The van der Waals surface area contributed by atoms with Gasteiger partial charge in [-0.25, -0.2) is 0 Å². The average molecular weight is 1100 g/mol. The van der Waals surface area contributed by atoms with Crippen molar-refractivity contribution in [2.75, 3.05) is 9.80 Å². The molecule has 0 fully saturated rings. The van der Waals surface area contributed by atoms with Gasteiger partial charge < -0.3 is 9.80 Å². The summed E-state index contributed by atoms with van der Waals surface area (Å²) in [5.74, 6) is 0. The minimum Gasteiger partial charge on any atom is -0.309 e. The van der Waals surface area contributed by atoms with Crippen LogP contribution in [0.5, 0.6) is 0 Å². The Morgan fingerprint density at radius 2 is 0.488 bits per heavy atom. The summed E-state index contributed by atoms with van der Waals surface area (Å²) in [5.41, 5.74) is 21.6. The number of benzene rings is 14. The zero-order valence-electron chi connectivity index (χ0n) is 45.6. The van der Waals surface area contributed by atoms with E-state index in [1.807, 2.05) is 22.7 Å². The van der Waals surface area contributed by atoms with E-state index < -0.39 is 0 Å². The van der Waals surface area contributed by atoms with E-state index in [1.54, 1.807) is 0 Å². The third kappa shape index (κ3) is 7.55. The predicted octanol–water partition coefficient (Wildman–Crippen LogP) is 24.0. The van der Waals surface area contributed by atoms with Gasteiger partial charge in [-0.05, 0) is 161 Å². The molecule has 17 rings (SSSR count). The van der Waals surface area contributed by atoms with Crippen molar-refractivity contribution in [2.45, 2.75) is 0 Å². The van der Waals surface area contributed by atoms with Gasteiger partial charge in [0.25, 0.3) is 0 Å². The molecule has 4 heteroatoms. The summed E-state index contributed by atoms with van der Waals surface area (Å²) in [7, 11) is 0. The lowest BCUT2D eigenvalue weighted by atomic mass is 9.65. The molecule has 0 spiro atoms. The van der Waals surface area contributed by atoms with Gasteiger partial charge in [0.2, 0.25) is 0 Å². The second-order valence-electron chi connectivity index (χ2n) is 21.8. The third-order valence-electron chi connectivity index (χ3n) is 17.1. The normalized spacial score (nSPS) is 11.8. The van der Waals surface area contributed by atoms with Crippen molar-refractivity contribution >= 4 is 119 Å². The molecule has 14 aromatic carbocycles. The number of rotatable bonds is 10. The molecule has 392 valence electrons. The van der Waals surface area contributed by atoms with Gasteiger partial charge >= 0.3 is 0 Å². The molecule has 0 atom stereocenters. The van der Waals surface area contributed by atoms with Gasteiger partial charge in [0, 0.05) is 53.7 Å². The SMILES string of the molecule is c1ccc(-c2c3c(c(-c4ccccc4)c4cc(N(c5ccccc5)c5cccc6c5sc5ccccc56)ccc24)-c2c-3c(-c3ccccc3)c3cc(N(c4ccccc4)c4cccc5c4sc4ccccc45)ccc3c2-c2ccccc2)cc1. The zero-order valence-corrected chi connectivity index (χ0v) is 47.2. The summed E-state index contributed by atoms with van der Waals surface area (Å²) in [4.78, 5) is 4.96. The van der Waals surface area contributed by atoms with Gasteiger partial charge in [0.05, 0.1) is 20.8 Å². The molecule has 0 saturated carbocycles.